The average molecular weight is 343 g/mol. The molecule has 2 aromatic rings. The van der Waals surface area contributed by atoms with Gasteiger partial charge in [0.2, 0.25) is 5.75 Å². The number of piperazine rings is 1. The average Bonchev–Trinajstić information content (AvgIpc) is 2.68. The molecule has 1 fully saturated rings. The van der Waals surface area contributed by atoms with E-state index in [-0.39, 0.29) is 0 Å². The third-order valence-electron chi connectivity index (χ3n) is 4.56. The second kappa shape index (κ2) is 8.18. The summed E-state index contributed by atoms with van der Waals surface area (Å²) in [6, 6.07) is 8.52. The molecular weight excluding hydrogens is 318 g/mol. The van der Waals surface area contributed by atoms with Gasteiger partial charge in [0.15, 0.2) is 11.5 Å². The first-order chi connectivity index (χ1) is 12.3. The minimum absolute atomic E-state index is 0.316. The van der Waals surface area contributed by atoms with Gasteiger partial charge in [-0.15, -0.1) is 0 Å². The fourth-order valence-corrected chi connectivity index (χ4v) is 3.31. The van der Waals surface area contributed by atoms with Gasteiger partial charge in [-0.05, 0) is 35.4 Å². The van der Waals surface area contributed by atoms with Gasteiger partial charge in [-0.2, -0.15) is 0 Å². The summed E-state index contributed by atoms with van der Waals surface area (Å²) < 4.78 is 16.4. The Bertz CT molecular complexity index is 669. The van der Waals surface area contributed by atoms with Crippen molar-refractivity contribution in [2.45, 2.75) is 12.6 Å². The first-order valence-electron chi connectivity index (χ1n) is 8.40. The maximum atomic E-state index is 5.48. The van der Waals surface area contributed by atoms with Gasteiger partial charge in [-0.3, -0.25) is 9.88 Å². The molecule has 0 saturated carbocycles. The van der Waals surface area contributed by atoms with Crippen LogP contribution < -0.4 is 19.5 Å². The third-order valence-corrected chi connectivity index (χ3v) is 4.56. The normalized spacial score (nSPS) is 18.0. The summed E-state index contributed by atoms with van der Waals surface area (Å²) in [6.07, 6.45) is 3.70. The minimum atomic E-state index is 0.316. The van der Waals surface area contributed by atoms with Gasteiger partial charge in [0.05, 0.1) is 21.3 Å². The van der Waals surface area contributed by atoms with Crippen LogP contribution in [0.2, 0.25) is 0 Å². The molecule has 0 bridgehead atoms. The van der Waals surface area contributed by atoms with Crippen molar-refractivity contribution in [2.75, 3.05) is 41.0 Å². The van der Waals surface area contributed by atoms with Crippen LogP contribution >= 0.6 is 0 Å². The maximum Gasteiger partial charge on any atom is 0.203 e. The molecule has 1 aliphatic rings. The van der Waals surface area contributed by atoms with Crippen molar-refractivity contribution in [2.24, 2.45) is 0 Å². The molecule has 1 aliphatic heterocycles. The van der Waals surface area contributed by atoms with Gasteiger partial charge < -0.3 is 19.5 Å². The highest BCUT2D eigenvalue weighted by atomic mass is 16.5. The highest BCUT2D eigenvalue weighted by Crippen LogP contribution is 2.39. The van der Waals surface area contributed by atoms with Crippen molar-refractivity contribution in [3.05, 3.63) is 47.8 Å². The number of methoxy groups -OCH3 is 3. The zero-order valence-corrected chi connectivity index (χ0v) is 15.0. The molecule has 1 aromatic heterocycles. The highest BCUT2D eigenvalue weighted by molar-refractivity contribution is 5.53. The van der Waals surface area contributed by atoms with E-state index in [9.17, 15) is 0 Å². The van der Waals surface area contributed by atoms with E-state index < -0.39 is 0 Å². The van der Waals surface area contributed by atoms with Crippen LogP contribution in [-0.2, 0) is 6.54 Å². The quantitative estimate of drug-likeness (QED) is 0.868. The molecule has 0 amide bonds. The Balaban J connectivity index is 1.87. The number of rotatable bonds is 6. The van der Waals surface area contributed by atoms with Crippen LogP contribution in [0.4, 0.5) is 0 Å². The number of ether oxygens (including phenoxy) is 3. The van der Waals surface area contributed by atoms with Crippen molar-refractivity contribution in [3.8, 4) is 17.2 Å². The number of aromatic nitrogens is 1. The van der Waals surface area contributed by atoms with Crippen LogP contribution in [0.1, 0.15) is 17.2 Å². The van der Waals surface area contributed by atoms with Crippen LogP contribution in [0.15, 0.2) is 36.7 Å². The van der Waals surface area contributed by atoms with Gasteiger partial charge >= 0.3 is 0 Å². The minimum Gasteiger partial charge on any atom is -0.493 e. The molecule has 0 spiro atoms. The number of nitrogens with zero attached hydrogens (tertiary/aromatic N) is 2. The van der Waals surface area contributed by atoms with E-state index >= 15 is 0 Å². The Labute approximate surface area is 148 Å². The van der Waals surface area contributed by atoms with E-state index in [1.807, 2.05) is 24.5 Å². The third kappa shape index (κ3) is 3.86. The van der Waals surface area contributed by atoms with Gasteiger partial charge in [0, 0.05) is 44.6 Å². The summed E-state index contributed by atoms with van der Waals surface area (Å²) in [7, 11) is 4.91. The second-order valence-corrected chi connectivity index (χ2v) is 6.00. The van der Waals surface area contributed by atoms with Gasteiger partial charge in [-0.25, -0.2) is 0 Å². The smallest absolute Gasteiger partial charge is 0.203 e. The fourth-order valence-electron chi connectivity index (χ4n) is 3.31. The van der Waals surface area contributed by atoms with E-state index in [1.54, 1.807) is 21.3 Å². The molecule has 1 atom stereocenters. The lowest BCUT2D eigenvalue weighted by Gasteiger charge is -2.36. The SMILES string of the molecule is COc1cc(CN2CCNCC2c2ccncc2)cc(OC)c1OC. The summed E-state index contributed by atoms with van der Waals surface area (Å²) in [5, 5.41) is 3.48. The van der Waals surface area contributed by atoms with Crippen LogP contribution in [0.3, 0.4) is 0 Å². The monoisotopic (exact) mass is 343 g/mol. The van der Waals surface area contributed by atoms with E-state index in [1.165, 1.54) is 5.56 Å². The zero-order chi connectivity index (χ0) is 17.6. The van der Waals surface area contributed by atoms with E-state index in [0.29, 0.717) is 23.3 Å². The van der Waals surface area contributed by atoms with Gasteiger partial charge in [0.25, 0.3) is 0 Å². The molecular formula is C19H25N3O3. The first kappa shape index (κ1) is 17.5. The Morgan fingerprint density at radius 2 is 1.76 bits per heavy atom. The topological polar surface area (TPSA) is 55.9 Å². The Morgan fingerprint density at radius 3 is 2.36 bits per heavy atom. The molecule has 1 N–H and O–H groups in total. The summed E-state index contributed by atoms with van der Waals surface area (Å²) in [6.45, 7) is 3.69. The molecule has 134 valence electrons. The number of pyridine rings is 1. The Morgan fingerprint density at radius 1 is 1.08 bits per heavy atom. The molecule has 1 unspecified atom stereocenters. The fraction of sp³-hybridized carbons (Fsp3) is 0.421. The molecule has 2 heterocycles. The number of benzene rings is 1. The predicted molar refractivity (Wildman–Crippen MR) is 96.4 cm³/mol. The van der Waals surface area contributed by atoms with Crippen molar-refractivity contribution in [1.29, 1.82) is 0 Å². The first-order valence-corrected chi connectivity index (χ1v) is 8.40. The lowest BCUT2D eigenvalue weighted by molar-refractivity contribution is 0.153. The van der Waals surface area contributed by atoms with Gasteiger partial charge in [-0.1, -0.05) is 0 Å². The molecule has 0 aliphatic carbocycles. The Kier molecular flexibility index (Phi) is 5.73. The maximum absolute atomic E-state index is 5.48. The molecule has 6 nitrogen and oxygen atoms in total. The molecule has 1 saturated heterocycles. The number of hydrogen-bond acceptors (Lipinski definition) is 6. The van der Waals surface area contributed by atoms with E-state index in [0.717, 1.165) is 31.7 Å². The van der Waals surface area contributed by atoms with Crippen LogP contribution in [0, 0.1) is 0 Å². The van der Waals surface area contributed by atoms with Crippen LogP contribution in [-0.4, -0.2) is 50.8 Å². The summed E-state index contributed by atoms with van der Waals surface area (Å²) in [5.41, 5.74) is 2.41. The summed E-state index contributed by atoms with van der Waals surface area (Å²) >= 11 is 0. The largest absolute Gasteiger partial charge is 0.493 e. The lowest BCUT2D eigenvalue weighted by atomic mass is 10.0. The van der Waals surface area contributed by atoms with Crippen molar-refractivity contribution in [1.82, 2.24) is 15.2 Å². The molecule has 3 rings (SSSR count). The number of hydrogen-bond donors (Lipinski definition) is 1. The van der Waals surface area contributed by atoms with Crippen molar-refractivity contribution in [3.63, 3.8) is 0 Å². The zero-order valence-electron chi connectivity index (χ0n) is 15.0. The summed E-state index contributed by atoms with van der Waals surface area (Å²) in [4.78, 5) is 6.59. The molecule has 0 radical (unpaired) electrons. The van der Waals surface area contributed by atoms with Crippen molar-refractivity contribution < 1.29 is 14.2 Å². The number of nitrogens with one attached hydrogen (secondary N) is 1. The molecule has 1 aromatic carbocycles. The standard InChI is InChI=1S/C19H25N3O3/c1-23-17-10-14(11-18(24-2)19(17)25-3)13-22-9-8-21-12-16(22)15-4-6-20-7-5-15/h4-7,10-11,16,21H,8-9,12-13H2,1-3H3. The molecule has 6 heteroatoms. The molecule has 25 heavy (non-hydrogen) atoms. The van der Waals surface area contributed by atoms with Gasteiger partial charge in [0.1, 0.15) is 0 Å². The van der Waals surface area contributed by atoms with Crippen LogP contribution in [0.25, 0.3) is 0 Å². The predicted octanol–water partition coefficient (Wildman–Crippen LogP) is 2.25. The van der Waals surface area contributed by atoms with Crippen molar-refractivity contribution >= 4 is 0 Å². The van der Waals surface area contributed by atoms with Crippen LogP contribution in [0.5, 0.6) is 17.2 Å². The Hall–Kier alpha value is -2.31. The second-order valence-electron chi connectivity index (χ2n) is 6.00. The van der Waals surface area contributed by atoms with E-state index in [4.69, 9.17) is 14.2 Å². The highest BCUT2D eigenvalue weighted by Gasteiger charge is 2.24. The summed E-state index contributed by atoms with van der Waals surface area (Å²) in [5.74, 6) is 2.00. The van der Waals surface area contributed by atoms with E-state index in [2.05, 4.69) is 27.3 Å². The lowest BCUT2D eigenvalue weighted by Crippen LogP contribution is -2.45.